The van der Waals surface area contributed by atoms with E-state index in [4.69, 9.17) is 9.15 Å². The van der Waals surface area contributed by atoms with Crippen LogP contribution in [0, 0.1) is 0 Å². The van der Waals surface area contributed by atoms with Gasteiger partial charge in [-0.3, -0.25) is 4.90 Å². The Bertz CT molecular complexity index is 1360. The second-order valence-corrected chi connectivity index (χ2v) is 11.6. The fraction of sp³-hybridized carbons (Fsp3) is 0.296. The summed E-state index contributed by atoms with van der Waals surface area (Å²) < 4.78 is 38.5. The number of ether oxygens (including phenoxy) is 1. The maximum Gasteiger partial charge on any atom is 0.233 e. The average molecular weight is 524 g/mol. The zero-order chi connectivity index (χ0) is 25.0. The Morgan fingerprint density at radius 1 is 1.03 bits per heavy atom. The lowest BCUT2D eigenvalue weighted by atomic mass is 10.1. The van der Waals surface area contributed by atoms with E-state index in [1.54, 1.807) is 73.0 Å². The third-order valence-electron chi connectivity index (χ3n) is 6.40. The van der Waals surface area contributed by atoms with Crippen molar-refractivity contribution >= 4 is 27.1 Å². The Morgan fingerprint density at radius 2 is 1.78 bits per heavy atom. The van der Waals surface area contributed by atoms with Gasteiger partial charge in [0.2, 0.25) is 26.6 Å². The van der Waals surface area contributed by atoms with Crippen LogP contribution in [-0.2, 0) is 9.84 Å². The van der Waals surface area contributed by atoms with E-state index in [1.165, 1.54) is 24.1 Å². The van der Waals surface area contributed by atoms with Gasteiger partial charge < -0.3 is 14.5 Å². The third-order valence-corrected chi connectivity index (χ3v) is 9.05. The molecule has 4 aromatic rings. The van der Waals surface area contributed by atoms with Gasteiger partial charge in [-0.05, 0) is 73.8 Å². The number of sulfone groups is 1. The number of benzene rings is 2. The lowest BCUT2D eigenvalue weighted by Crippen LogP contribution is -2.36. The molecular weight excluding hydrogens is 494 g/mol. The number of methoxy groups -OCH3 is 1. The smallest absolute Gasteiger partial charge is 0.233 e. The lowest BCUT2D eigenvalue weighted by molar-refractivity contribution is 0.172. The summed E-state index contributed by atoms with van der Waals surface area (Å²) in [4.78, 5) is 8.35. The molecule has 0 amide bonds. The van der Waals surface area contributed by atoms with Crippen LogP contribution in [0.1, 0.15) is 30.2 Å². The minimum Gasteiger partial charge on any atom is -0.497 e. The number of aromatic nitrogens is 1. The van der Waals surface area contributed by atoms with Crippen molar-refractivity contribution in [2.75, 3.05) is 32.1 Å². The molecule has 9 heteroatoms. The highest BCUT2D eigenvalue weighted by molar-refractivity contribution is 7.91. The van der Waals surface area contributed by atoms with Gasteiger partial charge in [-0.25, -0.2) is 8.42 Å². The first-order valence-electron chi connectivity index (χ1n) is 12.0. The van der Waals surface area contributed by atoms with E-state index in [2.05, 4.69) is 32.7 Å². The molecule has 188 valence electrons. The predicted octanol–water partition coefficient (Wildman–Crippen LogP) is 5.88. The number of thiophene rings is 1. The average Bonchev–Trinajstić information content (AvgIpc) is 3.61. The van der Waals surface area contributed by atoms with Crippen LogP contribution in [0.4, 0.5) is 5.88 Å². The fourth-order valence-electron chi connectivity index (χ4n) is 4.48. The predicted molar refractivity (Wildman–Crippen MR) is 141 cm³/mol. The normalized spacial score (nSPS) is 15.5. The van der Waals surface area contributed by atoms with Crippen LogP contribution < -0.4 is 10.1 Å². The molecule has 1 unspecified atom stereocenters. The van der Waals surface area contributed by atoms with E-state index in [1.807, 2.05) is 0 Å². The summed E-state index contributed by atoms with van der Waals surface area (Å²) in [5.74, 6) is 1.09. The van der Waals surface area contributed by atoms with Crippen LogP contribution in [0.25, 0.3) is 11.5 Å². The van der Waals surface area contributed by atoms with Crippen LogP contribution in [0.15, 0.2) is 86.4 Å². The van der Waals surface area contributed by atoms with Crippen molar-refractivity contribution in [3.63, 3.8) is 0 Å². The van der Waals surface area contributed by atoms with Gasteiger partial charge in [0.25, 0.3) is 0 Å². The number of likely N-dealkylation sites (tertiary alicyclic amines) is 1. The molecule has 1 fully saturated rings. The number of nitrogens with one attached hydrogen (secondary N) is 1. The summed E-state index contributed by atoms with van der Waals surface area (Å²) in [6.07, 6.45) is 3.58. The molecule has 0 radical (unpaired) electrons. The summed E-state index contributed by atoms with van der Waals surface area (Å²) in [5.41, 5.74) is 0.666. The highest BCUT2D eigenvalue weighted by Crippen LogP contribution is 2.34. The topological polar surface area (TPSA) is 84.7 Å². The van der Waals surface area contributed by atoms with Gasteiger partial charge in [0, 0.05) is 17.0 Å². The van der Waals surface area contributed by atoms with E-state index in [0.717, 1.165) is 13.1 Å². The third kappa shape index (κ3) is 5.18. The van der Waals surface area contributed by atoms with Crippen molar-refractivity contribution in [3.8, 4) is 17.2 Å². The maximum atomic E-state index is 13.6. The minimum absolute atomic E-state index is 0.108. The van der Waals surface area contributed by atoms with Crippen LogP contribution in [0.5, 0.6) is 5.75 Å². The summed E-state index contributed by atoms with van der Waals surface area (Å²) in [5, 5.41) is 5.29. The molecule has 1 saturated heterocycles. The SMILES string of the molecule is COc1ccc(-c2nc(S(=O)(=O)c3ccccc3)c(NCC(c3cccs3)N3CCCCC3)o2)cc1. The second kappa shape index (κ2) is 10.9. The van der Waals surface area contributed by atoms with Crippen molar-refractivity contribution < 1.29 is 17.6 Å². The molecule has 2 aromatic heterocycles. The Hall–Kier alpha value is -3.14. The zero-order valence-corrected chi connectivity index (χ0v) is 21.7. The molecule has 3 heterocycles. The van der Waals surface area contributed by atoms with Gasteiger partial charge in [0.15, 0.2) is 0 Å². The van der Waals surface area contributed by atoms with Crippen LogP contribution >= 0.6 is 11.3 Å². The standard InChI is InChI=1S/C27H29N3O4S2/c1-33-21-14-12-20(13-15-21)25-29-27(36(31,32)22-9-4-2-5-10-22)26(34-25)28-19-23(24-11-8-18-35-24)30-16-6-3-7-17-30/h2,4-5,8-15,18,23,28H,3,6-7,16-17,19H2,1H3. The van der Waals surface area contributed by atoms with Gasteiger partial charge in [-0.2, -0.15) is 4.98 Å². The van der Waals surface area contributed by atoms with Crippen LogP contribution in [0.3, 0.4) is 0 Å². The monoisotopic (exact) mass is 523 g/mol. The molecule has 0 bridgehead atoms. The Labute approximate surface area is 215 Å². The molecule has 5 rings (SSSR count). The van der Waals surface area contributed by atoms with E-state index >= 15 is 0 Å². The van der Waals surface area contributed by atoms with E-state index in [0.29, 0.717) is 17.9 Å². The van der Waals surface area contributed by atoms with Gasteiger partial charge >= 0.3 is 0 Å². The number of oxazole rings is 1. The number of hydrogen-bond acceptors (Lipinski definition) is 8. The quantitative estimate of drug-likeness (QED) is 0.293. The van der Waals surface area contributed by atoms with E-state index in [-0.39, 0.29) is 27.7 Å². The van der Waals surface area contributed by atoms with Gasteiger partial charge in [0.05, 0.1) is 18.0 Å². The van der Waals surface area contributed by atoms with Crippen LogP contribution in [-0.4, -0.2) is 45.0 Å². The lowest BCUT2D eigenvalue weighted by Gasteiger charge is -2.34. The maximum absolute atomic E-state index is 13.6. The molecule has 1 aliphatic heterocycles. The van der Waals surface area contributed by atoms with E-state index < -0.39 is 9.84 Å². The number of rotatable bonds is 9. The molecule has 1 atom stereocenters. The second-order valence-electron chi connectivity index (χ2n) is 8.71. The van der Waals surface area contributed by atoms with E-state index in [9.17, 15) is 8.42 Å². The van der Waals surface area contributed by atoms with Gasteiger partial charge in [0.1, 0.15) is 5.75 Å². The van der Waals surface area contributed by atoms with Crippen molar-refractivity contribution in [1.29, 1.82) is 0 Å². The number of anilines is 1. The molecular formula is C27H29N3O4S2. The molecule has 1 N–H and O–H groups in total. The summed E-state index contributed by atoms with van der Waals surface area (Å²) in [7, 11) is -2.30. The van der Waals surface area contributed by atoms with Crippen molar-refractivity contribution in [2.45, 2.75) is 35.2 Å². The number of nitrogens with zero attached hydrogens (tertiary/aromatic N) is 2. The highest BCUT2D eigenvalue weighted by Gasteiger charge is 2.30. The fourth-order valence-corrected chi connectivity index (χ4v) is 6.64. The van der Waals surface area contributed by atoms with Gasteiger partial charge in [-0.1, -0.05) is 30.7 Å². The highest BCUT2D eigenvalue weighted by atomic mass is 32.2. The Balaban J connectivity index is 1.50. The first-order chi connectivity index (χ1) is 17.6. The molecule has 0 saturated carbocycles. The van der Waals surface area contributed by atoms with Crippen LogP contribution in [0.2, 0.25) is 0 Å². The first-order valence-corrected chi connectivity index (χ1v) is 14.4. The summed E-state index contributed by atoms with van der Waals surface area (Å²) in [6.45, 7) is 2.55. The molecule has 7 nitrogen and oxygen atoms in total. The molecule has 2 aromatic carbocycles. The largest absolute Gasteiger partial charge is 0.497 e. The first kappa shape index (κ1) is 24.5. The molecule has 1 aliphatic rings. The Kier molecular flexibility index (Phi) is 7.41. The molecule has 0 spiro atoms. The molecule has 0 aliphatic carbocycles. The van der Waals surface area contributed by atoms with Crippen molar-refractivity contribution in [2.24, 2.45) is 0 Å². The minimum atomic E-state index is -3.90. The number of hydrogen-bond donors (Lipinski definition) is 1. The zero-order valence-electron chi connectivity index (χ0n) is 20.1. The van der Waals surface area contributed by atoms with Crippen molar-refractivity contribution in [1.82, 2.24) is 9.88 Å². The van der Waals surface area contributed by atoms with Gasteiger partial charge in [-0.15, -0.1) is 11.3 Å². The Morgan fingerprint density at radius 3 is 2.44 bits per heavy atom. The molecule has 36 heavy (non-hydrogen) atoms. The van der Waals surface area contributed by atoms with Crippen molar-refractivity contribution in [3.05, 3.63) is 77.0 Å². The summed E-state index contributed by atoms with van der Waals surface area (Å²) in [6, 6.07) is 19.8. The summed E-state index contributed by atoms with van der Waals surface area (Å²) >= 11 is 1.71. The number of piperidine rings is 1.